The summed E-state index contributed by atoms with van der Waals surface area (Å²) in [4.78, 5) is 25.3. The topological polar surface area (TPSA) is 49.4 Å². The Hall–Kier alpha value is -2.40. The molecule has 4 nitrogen and oxygen atoms in total. The molecule has 2 amide bonds. The molecule has 0 saturated carbocycles. The summed E-state index contributed by atoms with van der Waals surface area (Å²) in [5.74, 6) is -0.744. The molecule has 126 valence electrons. The summed E-state index contributed by atoms with van der Waals surface area (Å²) in [5.41, 5.74) is 1.34. The molecule has 0 radical (unpaired) electrons. The zero-order chi connectivity index (χ0) is 17.5. The zero-order valence-electron chi connectivity index (χ0n) is 13.3. The molecule has 0 heterocycles. The van der Waals surface area contributed by atoms with Crippen LogP contribution < -0.4 is 5.32 Å². The van der Waals surface area contributed by atoms with Crippen molar-refractivity contribution in [1.29, 1.82) is 0 Å². The highest BCUT2D eigenvalue weighted by Gasteiger charge is 2.13. The fraction of sp³-hybridized carbons (Fsp3) is 0.222. The van der Waals surface area contributed by atoms with Gasteiger partial charge in [-0.3, -0.25) is 9.59 Å². The third-order valence-corrected chi connectivity index (χ3v) is 3.87. The van der Waals surface area contributed by atoms with E-state index in [0.29, 0.717) is 17.3 Å². The van der Waals surface area contributed by atoms with E-state index < -0.39 is 0 Å². The lowest BCUT2D eigenvalue weighted by Crippen LogP contribution is -2.31. The first-order chi connectivity index (χ1) is 11.5. The van der Waals surface area contributed by atoms with E-state index in [0.717, 1.165) is 5.56 Å². The van der Waals surface area contributed by atoms with Gasteiger partial charge in [-0.15, -0.1) is 0 Å². The van der Waals surface area contributed by atoms with Crippen LogP contribution in [0.5, 0.6) is 0 Å². The van der Waals surface area contributed by atoms with Crippen LogP contribution in [-0.2, 0) is 16.1 Å². The Morgan fingerprint density at radius 3 is 2.42 bits per heavy atom. The maximum absolute atomic E-state index is 12.8. The van der Waals surface area contributed by atoms with E-state index in [1.54, 1.807) is 11.0 Å². The van der Waals surface area contributed by atoms with E-state index in [4.69, 9.17) is 11.6 Å². The van der Waals surface area contributed by atoms with E-state index in [1.165, 1.54) is 31.2 Å². The standard InChI is InChI=1S/C18H18ClFN2O2/c1-13(23)22(12-14-4-2-3-5-17(14)19)11-10-18(24)21-16-8-6-15(20)7-9-16/h2-9H,10-12H2,1H3,(H,21,24). The third kappa shape index (κ3) is 5.35. The fourth-order valence-corrected chi connectivity index (χ4v) is 2.37. The van der Waals surface area contributed by atoms with Gasteiger partial charge in [-0.05, 0) is 35.9 Å². The number of hydrogen-bond donors (Lipinski definition) is 1. The molecule has 2 aromatic rings. The van der Waals surface area contributed by atoms with Crippen LogP contribution in [0.3, 0.4) is 0 Å². The summed E-state index contributed by atoms with van der Waals surface area (Å²) in [5, 5.41) is 3.25. The number of nitrogens with one attached hydrogen (secondary N) is 1. The third-order valence-electron chi connectivity index (χ3n) is 3.50. The van der Waals surface area contributed by atoms with Gasteiger partial charge in [0.15, 0.2) is 0 Å². The van der Waals surface area contributed by atoms with Crippen molar-refractivity contribution in [2.75, 3.05) is 11.9 Å². The summed E-state index contributed by atoms with van der Waals surface area (Å²) in [6, 6.07) is 12.8. The highest BCUT2D eigenvalue weighted by molar-refractivity contribution is 6.31. The summed E-state index contributed by atoms with van der Waals surface area (Å²) in [6.45, 7) is 2.07. The SMILES string of the molecule is CC(=O)N(CCC(=O)Nc1ccc(F)cc1)Cc1ccccc1Cl. The smallest absolute Gasteiger partial charge is 0.226 e. The second kappa shape index (κ2) is 8.45. The van der Waals surface area contributed by atoms with E-state index in [9.17, 15) is 14.0 Å². The lowest BCUT2D eigenvalue weighted by atomic mass is 10.2. The zero-order valence-corrected chi connectivity index (χ0v) is 14.0. The van der Waals surface area contributed by atoms with Gasteiger partial charge in [-0.1, -0.05) is 29.8 Å². The number of benzene rings is 2. The normalized spacial score (nSPS) is 10.3. The molecule has 0 aromatic heterocycles. The Morgan fingerprint density at radius 1 is 1.12 bits per heavy atom. The van der Waals surface area contributed by atoms with E-state index in [-0.39, 0.29) is 30.6 Å². The van der Waals surface area contributed by atoms with Gasteiger partial charge < -0.3 is 10.2 Å². The minimum atomic E-state index is -0.365. The van der Waals surface area contributed by atoms with Crippen LogP contribution >= 0.6 is 11.6 Å². The number of hydrogen-bond acceptors (Lipinski definition) is 2. The van der Waals surface area contributed by atoms with Crippen molar-refractivity contribution >= 4 is 29.1 Å². The molecule has 24 heavy (non-hydrogen) atoms. The molecule has 0 atom stereocenters. The van der Waals surface area contributed by atoms with Gasteiger partial charge in [0.1, 0.15) is 5.82 Å². The Balaban J connectivity index is 1.91. The summed E-state index contributed by atoms with van der Waals surface area (Å²) >= 11 is 6.11. The highest BCUT2D eigenvalue weighted by atomic mass is 35.5. The summed E-state index contributed by atoms with van der Waals surface area (Å²) in [7, 11) is 0. The van der Waals surface area contributed by atoms with Crippen molar-refractivity contribution in [3.05, 3.63) is 64.9 Å². The lowest BCUT2D eigenvalue weighted by molar-refractivity contribution is -0.129. The molecule has 0 spiro atoms. The second-order valence-corrected chi connectivity index (χ2v) is 5.74. The first-order valence-electron chi connectivity index (χ1n) is 7.50. The van der Waals surface area contributed by atoms with Crippen molar-refractivity contribution in [3.8, 4) is 0 Å². The number of amides is 2. The Bertz CT molecular complexity index is 719. The van der Waals surface area contributed by atoms with Crippen LogP contribution in [0.2, 0.25) is 5.02 Å². The number of carbonyl (C=O) groups excluding carboxylic acids is 2. The molecule has 0 saturated heterocycles. The van der Waals surface area contributed by atoms with Gasteiger partial charge in [0.2, 0.25) is 11.8 Å². The van der Waals surface area contributed by atoms with Gasteiger partial charge in [0, 0.05) is 37.1 Å². The van der Waals surface area contributed by atoms with Crippen molar-refractivity contribution < 1.29 is 14.0 Å². The second-order valence-electron chi connectivity index (χ2n) is 5.34. The average molecular weight is 349 g/mol. The van der Waals surface area contributed by atoms with Crippen LogP contribution in [0.1, 0.15) is 18.9 Å². The van der Waals surface area contributed by atoms with Crippen LogP contribution in [0.4, 0.5) is 10.1 Å². The Kier molecular flexibility index (Phi) is 6.32. The Morgan fingerprint density at radius 2 is 1.79 bits per heavy atom. The minimum absolute atomic E-state index is 0.135. The van der Waals surface area contributed by atoms with Gasteiger partial charge in [0.25, 0.3) is 0 Å². The first kappa shape index (κ1) is 17.9. The number of nitrogens with zero attached hydrogens (tertiary/aromatic N) is 1. The molecule has 0 aliphatic rings. The van der Waals surface area contributed by atoms with Gasteiger partial charge >= 0.3 is 0 Å². The van der Waals surface area contributed by atoms with Crippen LogP contribution in [0.15, 0.2) is 48.5 Å². The molecule has 6 heteroatoms. The van der Waals surface area contributed by atoms with E-state index in [1.807, 2.05) is 18.2 Å². The van der Waals surface area contributed by atoms with Gasteiger partial charge in [-0.2, -0.15) is 0 Å². The van der Waals surface area contributed by atoms with Crippen LogP contribution in [-0.4, -0.2) is 23.3 Å². The highest BCUT2D eigenvalue weighted by Crippen LogP contribution is 2.17. The van der Waals surface area contributed by atoms with E-state index in [2.05, 4.69) is 5.32 Å². The average Bonchev–Trinajstić information content (AvgIpc) is 2.55. The number of halogens is 2. The molecular weight excluding hydrogens is 331 g/mol. The predicted molar refractivity (Wildman–Crippen MR) is 92.2 cm³/mol. The maximum Gasteiger partial charge on any atom is 0.226 e. The Labute approximate surface area is 145 Å². The molecule has 0 fully saturated rings. The molecule has 0 bridgehead atoms. The number of rotatable bonds is 6. The number of carbonyl (C=O) groups is 2. The lowest BCUT2D eigenvalue weighted by Gasteiger charge is -2.21. The van der Waals surface area contributed by atoms with E-state index >= 15 is 0 Å². The van der Waals surface area contributed by atoms with Gasteiger partial charge in [0.05, 0.1) is 0 Å². The molecular formula is C18H18ClFN2O2. The van der Waals surface area contributed by atoms with Crippen molar-refractivity contribution in [2.24, 2.45) is 0 Å². The minimum Gasteiger partial charge on any atom is -0.338 e. The van der Waals surface area contributed by atoms with Gasteiger partial charge in [-0.25, -0.2) is 4.39 Å². The number of anilines is 1. The van der Waals surface area contributed by atoms with Crippen LogP contribution in [0.25, 0.3) is 0 Å². The largest absolute Gasteiger partial charge is 0.338 e. The molecule has 0 aliphatic carbocycles. The first-order valence-corrected chi connectivity index (χ1v) is 7.88. The van der Waals surface area contributed by atoms with Crippen molar-refractivity contribution in [3.63, 3.8) is 0 Å². The summed E-state index contributed by atoms with van der Waals surface area (Å²) < 4.78 is 12.8. The summed E-state index contributed by atoms with van der Waals surface area (Å²) in [6.07, 6.45) is 0.140. The van der Waals surface area contributed by atoms with Crippen LogP contribution in [0, 0.1) is 5.82 Å². The molecule has 0 unspecified atom stereocenters. The maximum atomic E-state index is 12.8. The molecule has 2 aromatic carbocycles. The molecule has 1 N–H and O–H groups in total. The van der Waals surface area contributed by atoms with Crippen molar-refractivity contribution in [2.45, 2.75) is 19.9 Å². The molecule has 2 rings (SSSR count). The fourth-order valence-electron chi connectivity index (χ4n) is 2.17. The van der Waals surface area contributed by atoms with Crippen molar-refractivity contribution in [1.82, 2.24) is 4.90 Å². The monoisotopic (exact) mass is 348 g/mol. The molecule has 0 aliphatic heterocycles. The quantitative estimate of drug-likeness (QED) is 0.861. The predicted octanol–water partition coefficient (Wildman–Crippen LogP) is 3.86.